The molecule has 132 valence electrons. The minimum absolute atomic E-state index is 0.140. The Morgan fingerprint density at radius 1 is 1.17 bits per heavy atom. The van der Waals surface area contributed by atoms with Crippen LogP contribution in [-0.4, -0.2) is 52.5 Å². The number of carbonyl (C=O) groups excluding carboxylic acids is 1. The Hall–Kier alpha value is -1.69. The molecular weight excluding hydrogens is 302 g/mol. The number of nitrogens with zero attached hydrogens (tertiary/aromatic N) is 4. The summed E-state index contributed by atoms with van der Waals surface area (Å²) >= 11 is 0. The highest BCUT2D eigenvalue weighted by molar-refractivity contribution is 5.86. The molecule has 0 spiro atoms. The van der Waals surface area contributed by atoms with E-state index < -0.39 is 5.54 Å². The summed E-state index contributed by atoms with van der Waals surface area (Å²) in [6, 6.07) is 2.03. The van der Waals surface area contributed by atoms with Crippen molar-refractivity contribution in [2.24, 2.45) is 5.73 Å². The van der Waals surface area contributed by atoms with Crippen molar-refractivity contribution in [2.45, 2.75) is 57.9 Å². The van der Waals surface area contributed by atoms with E-state index in [1.165, 1.54) is 0 Å². The SMILES string of the molecule is Cc1cc(N2CCN(C(=O)C3(N)CCCC3)CC2)nc(C(C)C)n1. The Kier molecular flexibility index (Phi) is 4.76. The number of anilines is 1. The summed E-state index contributed by atoms with van der Waals surface area (Å²) in [5, 5.41) is 0. The summed E-state index contributed by atoms with van der Waals surface area (Å²) in [6.45, 7) is 9.27. The van der Waals surface area contributed by atoms with E-state index in [-0.39, 0.29) is 5.91 Å². The van der Waals surface area contributed by atoms with E-state index >= 15 is 0 Å². The zero-order valence-corrected chi connectivity index (χ0v) is 15.1. The van der Waals surface area contributed by atoms with E-state index in [2.05, 4.69) is 23.7 Å². The number of amides is 1. The molecule has 24 heavy (non-hydrogen) atoms. The summed E-state index contributed by atoms with van der Waals surface area (Å²) in [5.74, 6) is 2.31. The number of aromatic nitrogens is 2. The van der Waals surface area contributed by atoms with Crippen LogP contribution in [0, 0.1) is 6.92 Å². The quantitative estimate of drug-likeness (QED) is 0.914. The predicted molar refractivity (Wildman–Crippen MR) is 95.0 cm³/mol. The highest BCUT2D eigenvalue weighted by atomic mass is 16.2. The van der Waals surface area contributed by atoms with Crippen LogP contribution in [0.25, 0.3) is 0 Å². The van der Waals surface area contributed by atoms with Gasteiger partial charge in [-0.15, -0.1) is 0 Å². The average Bonchev–Trinajstić information content (AvgIpc) is 3.01. The Labute approximate surface area is 144 Å². The first-order valence-electron chi connectivity index (χ1n) is 9.08. The van der Waals surface area contributed by atoms with Gasteiger partial charge in [0.15, 0.2) is 0 Å². The molecule has 0 radical (unpaired) electrons. The van der Waals surface area contributed by atoms with E-state index in [9.17, 15) is 4.79 Å². The van der Waals surface area contributed by atoms with Crippen molar-refractivity contribution < 1.29 is 4.79 Å². The predicted octanol–water partition coefficient (Wildman–Crippen LogP) is 1.83. The van der Waals surface area contributed by atoms with Gasteiger partial charge in [0.05, 0.1) is 5.54 Å². The van der Waals surface area contributed by atoms with Crippen molar-refractivity contribution >= 4 is 11.7 Å². The molecule has 1 aromatic rings. The van der Waals surface area contributed by atoms with Crippen LogP contribution in [0.2, 0.25) is 0 Å². The van der Waals surface area contributed by atoms with Crippen molar-refractivity contribution in [1.82, 2.24) is 14.9 Å². The van der Waals surface area contributed by atoms with Crippen molar-refractivity contribution in [3.05, 3.63) is 17.6 Å². The first-order valence-corrected chi connectivity index (χ1v) is 9.08. The second-order valence-corrected chi connectivity index (χ2v) is 7.52. The largest absolute Gasteiger partial charge is 0.353 e. The van der Waals surface area contributed by atoms with Crippen LogP contribution in [0.5, 0.6) is 0 Å². The molecule has 1 saturated carbocycles. The molecule has 6 nitrogen and oxygen atoms in total. The van der Waals surface area contributed by atoms with Gasteiger partial charge in [-0.1, -0.05) is 26.7 Å². The number of hydrogen-bond donors (Lipinski definition) is 1. The van der Waals surface area contributed by atoms with Gasteiger partial charge in [-0.25, -0.2) is 9.97 Å². The van der Waals surface area contributed by atoms with Crippen LogP contribution >= 0.6 is 0 Å². The van der Waals surface area contributed by atoms with Gasteiger partial charge < -0.3 is 15.5 Å². The summed E-state index contributed by atoms with van der Waals surface area (Å²) in [6.07, 6.45) is 3.80. The summed E-state index contributed by atoms with van der Waals surface area (Å²) < 4.78 is 0. The molecule has 1 aliphatic carbocycles. The first kappa shape index (κ1) is 17.1. The van der Waals surface area contributed by atoms with Gasteiger partial charge in [-0.2, -0.15) is 0 Å². The maximum Gasteiger partial charge on any atom is 0.242 e. The fourth-order valence-electron chi connectivity index (χ4n) is 3.67. The zero-order valence-electron chi connectivity index (χ0n) is 15.1. The molecule has 0 atom stereocenters. The number of rotatable bonds is 3. The summed E-state index contributed by atoms with van der Waals surface area (Å²) in [5.41, 5.74) is 6.71. The lowest BCUT2D eigenvalue weighted by Crippen LogP contribution is -2.58. The van der Waals surface area contributed by atoms with Gasteiger partial charge in [-0.05, 0) is 19.8 Å². The minimum atomic E-state index is -0.613. The Bertz CT molecular complexity index is 601. The van der Waals surface area contributed by atoms with Gasteiger partial charge >= 0.3 is 0 Å². The maximum absolute atomic E-state index is 12.7. The molecule has 1 saturated heterocycles. The lowest BCUT2D eigenvalue weighted by Gasteiger charge is -2.39. The normalized spacial score (nSPS) is 20.7. The molecule has 1 aliphatic heterocycles. The molecule has 3 rings (SSSR count). The number of hydrogen-bond acceptors (Lipinski definition) is 5. The van der Waals surface area contributed by atoms with Gasteiger partial charge in [0, 0.05) is 43.9 Å². The van der Waals surface area contributed by atoms with Crippen molar-refractivity contribution in [2.75, 3.05) is 31.1 Å². The average molecular weight is 331 g/mol. The van der Waals surface area contributed by atoms with Gasteiger partial charge in [0.25, 0.3) is 0 Å². The van der Waals surface area contributed by atoms with E-state index in [1.54, 1.807) is 0 Å². The van der Waals surface area contributed by atoms with Crippen molar-refractivity contribution in [3.63, 3.8) is 0 Å². The molecule has 1 aromatic heterocycles. The van der Waals surface area contributed by atoms with E-state index in [4.69, 9.17) is 10.7 Å². The minimum Gasteiger partial charge on any atom is -0.353 e. The lowest BCUT2D eigenvalue weighted by molar-refractivity contribution is -0.137. The van der Waals surface area contributed by atoms with Gasteiger partial charge in [-0.3, -0.25) is 4.79 Å². The maximum atomic E-state index is 12.7. The Morgan fingerprint density at radius 2 is 1.79 bits per heavy atom. The van der Waals surface area contributed by atoms with Crippen LogP contribution in [0.15, 0.2) is 6.07 Å². The van der Waals surface area contributed by atoms with Crippen molar-refractivity contribution in [1.29, 1.82) is 0 Å². The number of carbonyl (C=O) groups is 1. The summed E-state index contributed by atoms with van der Waals surface area (Å²) in [4.78, 5) is 26.1. The van der Waals surface area contributed by atoms with Crippen LogP contribution < -0.4 is 10.6 Å². The molecule has 2 fully saturated rings. The molecule has 2 aliphatic rings. The number of nitrogens with two attached hydrogens (primary N) is 1. The molecule has 2 N–H and O–H groups in total. The van der Waals surface area contributed by atoms with Crippen LogP contribution in [0.1, 0.15) is 57.0 Å². The summed E-state index contributed by atoms with van der Waals surface area (Å²) in [7, 11) is 0. The van der Waals surface area contributed by atoms with Crippen LogP contribution in [-0.2, 0) is 4.79 Å². The molecule has 0 aromatic carbocycles. The Balaban J connectivity index is 1.66. The van der Waals surface area contributed by atoms with Crippen LogP contribution in [0.3, 0.4) is 0 Å². The monoisotopic (exact) mass is 331 g/mol. The third-order valence-corrected chi connectivity index (χ3v) is 5.19. The molecule has 6 heteroatoms. The highest BCUT2D eigenvalue weighted by Crippen LogP contribution is 2.29. The third kappa shape index (κ3) is 3.38. The standard InChI is InChI=1S/C18H29N5O/c1-13(2)16-20-14(3)12-15(21-16)22-8-10-23(11-9-22)17(24)18(19)6-4-5-7-18/h12-13H,4-11,19H2,1-3H3. The molecule has 2 heterocycles. The second-order valence-electron chi connectivity index (χ2n) is 7.52. The topological polar surface area (TPSA) is 75.3 Å². The zero-order chi connectivity index (χ0) is 17.3. The van der Waals surface area contributed by atoms with E-state index in [0.717, 1.165) is 69.2 Å². The number of aryl methyl sites for hydroxylation is 1. The first-order chi connectivity index (χ1) is 11.4. The van der Waals surface area contributed by atoms with Gasteiger partial charge in [0.1, 0.15) is 11.6 Å². The lowest BCUT2D eigenvalue weighted by atomic mass is 9.97. The van der Waals surface area contributed by atoms with E-state index in [0.29, 0.717) is 5.92 Å². The van der Waals surface area contributed by atoms with E-state index in [1.807, 2.05) is 17.9 Å². The number of piperazine rings is 1. The Morgan fingerprint density at radius 3 is 2.38 bits per heavy atom. The second kappa shape index (κ2) is 6.67. The fraction of sp³-hybridized carbons (Fsp3) is 0.722. The smallest absolute Gasteiger partial charge is 0.242 e. The van der Waals surface area contributed by atoms with Crippen molar-refractivity contribution in [3.8, 4) is 0 Å². The van der Waals surface area contributed by atoms with Gasteiger partial charge in [0.2, 0.25) is 5.91 Å². The molecule has 0 bridgehead atoms. The van der Waals surface area contributed by atoms with Crippen LogP contribution in [0.4, 0.5) is 5.82 Å². The third-order valence-electron chi connectivity index (χ3n) is 5.19. The molecule has 0 unspecified atom stereocenters. The molecule has 1 amide bonds. The fourth-order valence-corrected chi connectivity index (χ4v) is 3.67. The molecular formula is C18H29N5O. The highest BCUT2D eigenvalue weighted by Gasteiger charge is 2.40.